The van der Waals surface area contributed by atoms with E-state index in [0.29, 0.717) is 18.7 Å². The SMILES string of the molecule is CCc1c(C(=O)NCC(C)n2cncn2)[nH]c2ccc(F)cc12. The van der Waals surface area contributed by atoms with Crippen LogP contribution in [0.2, 0.25) is 0 Å². The summed E-state index contributed by atoms with van der Waals surface area (Å²) < 4.78 is 15.1. The maximum Gasteiger partial charge on any atom is 0.268 e. The lowest BCUT2D eigenvalue weighted by molar-refractivity contribution is 0.0943. The zero-order valence-electron chi connectivity index (χ0n) is 13.0. The third kappa shape index (κ3) is 2.94. The van der Waals surface area contributed by atoms with Gasteiger partial charge in [-0.05, 0) is 37.1 Å². The van der Waals surface area contributed by atoms with Gasteiger partial charge < -0.3 is 10.3 Å². The van der Waals surface area contributed by atoms with Gasteiger partial charge in [0.15, 0.2) is 0 Å². The number of hydrogen-bond donors (Lipinski definition) is 2. The quantitative estimate of drug-likeness (QED) is 0.759. The molecular weight excluding hydrogens is 297 g/mol. The first-order chi connectivity index (χ1) is 11.1. The van der Waals surface area contributed by atoms with E-state index in [0.717, 1.165) is 16.5 Å². The number of H-pyrrole nitrogens is 1. The molecule has 2 N–H and O–H groups in total. The number of aromatic nitrogens is 4. The van der Waals surface area contributed by atoms with Gasteiger partial charge in [0.25, 0.3) is 5.91 Å². The molecule has 0 saturated heterocycles. The van der Waals surface area contributed by atoms with E-state index in [2.05, 4.69) is 20.4 Å². The van der Waals surface area contributed by atoms with Crippen molar-refractivity contribution < 1.29 is 9.18 Å². The van der Waals surface area contributed by atoms with E-state index in [4.69, 9.17) is 0 Å². The number of rotatable bonds is 5. The summed E-state index contributed by atoms with van der Waals surface area (Å²) in [5, 5.41) is 7.69. The van der Waals surface area contributed by atoms with Crippen LogP contribution in [0.1, 0.15) is 35.9 Å². The van der Waals surface area contributed by atoms with Crippen LogP contribution in [0, 0.1) is 5.82 Å². The molecular formula is C16H18FN5O. The fourth-order valence-corrected chi connectivity index (χ4v) is 2.65. The smallest absolute Gasteiger partial charge is 0.268 e. The molecule has 2 heterocycles. The Hall–Kier alpha value is -2.70. The van der Waals surface area contributed by atoms with E-state index >= 15 is 0 Å². The van der Waals surface area contributed by atoms with Gasteiger partial charge in [0, 0.05) is 17.4 Å². The zero-order chi connectivity index (χ0) is 16.4. The summed E-state index contributed by atoms with van der Waals surface area (Å²) >= 11 is 0. The summed E-state index contributed by atoms with van der Waals surface area (Å²) in [4.78, 5) is 19.4. The second kappa shape index (κ2) is 6.20. The van der Waals surface area contributed by atoms with Crippen LogP contribution in [0.4, 0.5) is 4.39 Å². The third-order valence-corrected chi connectivity index (χ3v) is 3.90. The Bertz CT molecular complexity index is 824. The summed E-state index contributed by atoms with van der Waals surface area (Å²) in [6.07, 6.45) is 3.71. The number of carbonyl (C=O) groups excluding carboxylic acids is 1. The number of carbonyl (C=O) groups is 1. The fraction of sp³-hybridized carbons (Fsp3) is 0.312. The van der Waals surface area contributed by atoms with Crippen molar-refractivity contribution >= 4 is 16.8 Å². The molecule has 23 heavy (non-hydrogen) atoms. The Morgan fingerprint density at radius 1 is 1.48 bits per heavy atom. The number of aryl methyl sites for hydroxylation is 1. The number of nitrogens with one attached hydrogen (secondary N) is 2. The highest BCUT2D eigenvalue weighted by Gasteiger charge is 2.17. The number of halogens is 1. The fourth-order valence-electron chi connectivity index (χ4n) is 2.65. The molecule has 7 heteroatoms. The first kappa shape index (κ1) is 15.2. The van der Waals surface area contributed by atoms with Gasteiger partial charge in [0.1, 0.15) is 24.2 Å². The maximum atomic E-state index is 13.4. The number of fused-ring (bicyclic) bond motifs is 1. The van der Waals surface area contributed by atoms with Crippen LogP contribution < -0.4 is 5.32 Å². The van der Waals surface area contributed by atoms with Crippen molar-refractivity contribution in [2.75, 3.05) is 6.54 Å². The normalized spacial score (nSPS) is 12.5. The van der Waals surface area contributed by atoms with Gasteiger partial charge in [0.05, 0.1) is 6.04 Å². The number of amides is 1. The number of nitrogens with zero attached hydrogens (tertiary/aromatic N) is 3. The van der Waals surface area contributed by atoms with Crippen molar-refractivity contribution in [3.8, 4) is 0 Å². The molecule has 0 saturated carbocycles. The van der Waals surface area contributed by atoms with E-state index in [1.807, 2.05) is 13.8 Å². The van der Waals surface area contributed by atoms with E-state index < -0.39 is 0 Å². The second-order valence-corrected chi connectivity index (χ2v) is 5.46. The first-order valence-electron chi connectivity index (χ1n) is 7.52. The molecule has 2 aromatic heterocycles. The molecule has 0 radical (unpaired) electrons. The van der Waals surface area contributed by atoms with Crippen molar-refractivity contribution in [2.45, 2.75) is 26.3 Å². The van der Waals surface area contributed by atoms with Gasteiger partial charge in [-0.15, -0.1) is 0 Å². The van der Waals surface area contributed by atoms with Crippen LogP contribution in [0.3, 0.4) is 0 Å². The maximum absolute atomic E-state index is 13.4. The molecule has 120 valence electrons. The Kier molecular flexibility index (Phi) is 4.10. The topological polar surface area (TPSA) is 75.6 Å². The summed E-state index contributed by atoms with van der Waals surface area (Å²) in [5.41, 5.74) is 2.07. The minimum Gasteiger partial charge on any atom is -0.350 e. The van der Waals surface area contributed by atoms with E-state index in [-0.39, 0.29) is 17.8 Å². The van der Waals surface area contributed by atoms with Crippen molar-refractivity contribution in [3.63, 3.8) is 0 Å². The molecule has 1 aromatic carbocycles. The minimum atomic E-state index is -0.307. The Balaban J connectivity index is 1.80. The molecule has 1 atom stereocenters. The molecule has 1 amide bonds. The van der Waals surface area contributed by atoms with Gasteiger partial charge >= 0.3 is 0 Å². The van der Waals surface area contributed by atoms with Crippen molar-refractivity contribution in [2.24, 2.45) is 0 Å². The van der Waals surface area contributed by atoms with Gasteiger partial charge in [-0.25, -0.2) is 14.1 Å². The Morgan fingerprint density at radius 3 is 3.00 bits per heavy atom. The third-order valence-electron chi connectivity index (χ3n) is 3.90. The molecule has 6 nitrogen and oxygen atoms in total. The molecule has 0 spiro atoms. The number of hydrogen-bond acceptors (Lipinski definition) is 3. The lowest BCUT2D eigenvalue weighted by atomic mass is 10.1. The van der Waals surface area contributed by atoms with Crippen molar-refractivity contribution in [3.05, 3.63) is 47.9 Å². The molecule has 0 aliphatic rings. The summed E-state index contributed by atoms with van der Waals surface area (Å²) in [6.45, 7) is 4.31. The molecule has 0 fully saturated rings. The average molecular weight is 315 g/mol. The van der Waals surface area contributed by atoms with Gasteiger partial charge in [-0.1, -0.05) is 6.92 Å². The minimum absolute atomic E-state index is 0.00616. The highest BCUT2D eigenvalue weighted by atomic mass is 19.1. The van der Waals surface area contributed by atoms with Crippen LogP contribution in [-0.4, -0.2) is 32.2 Å². The standard InChI is InChI=1S/C16H18FN5O/c1-3-12-13-6-11(17)4-5-14(13)21-15(12)16(23)19-7-10(2)22-9-18-8-20-22/h4-6,8-10,21H,3,7H2,1-2H3,(H,19,23). The van der Waals surface area contributed by atoms with Gasteiger partial charge in [0.2, 0.25) is 0 Å². The Morgan fingerprint density at radius 2 is 2.30 bits per heavy atom. The number of benzene rings is 1. The molecule has 0 bridgehead atoms. The number of aromatic amines is 1. The molecule has 0 aliphatic heterocycles. The molecule has 3 aromatic rings. The second-order valence-electron chi connectivity index (χ2n) is 5.46. The summed E-state index contributed by atoms with van der Waals surface area (Å²) in [5.74, 6) is -0.511. The van der Waals surface area contributed by atoms with E-state index in [1.54, 1.807) is 17.1 Å². The van der Waals surface area contributed by atoms with Crippen molar-refractivity contribution in [1.29, 1.82) is 0 Å². The monoisotopic (exact) mass is 315 g/mol. The first-order valence-corrected chi connectivity index (χ1v) is 7.52. The van der Waals surface area contributed by atoms with Crippen molar-refractivity contribution in [1.82, 2.24) is 25.1 Å². The van der Waals surface area contributed by atoms with Crippen LogP contribution in [0.25, 0.3) is 10.9 Å². The van der Waals surface area contributed by atoms with Crippen LogP contribution in [0.5, 0.6) is 0 Å². The van der Waals surface area contributed by atoms with E-state index in [1.165, 1.54) is 18.5 Å². The highest BCUT2D eigenvalue weighted by molar-refractivity contribution is 6.01. The molecule has 0 aliphatic carbocycles. The largest absolute Gasteiger partial charge is 0.350 e. The predicted molar refractivity (Wildman–Crippen MR) is 84.7 cm³/mol. The zero-order valence-corrected chi connectivity index (χ0v) is 13.0. The average Bonchev–Trinajstić information content (AvgIpc) is 3.19. The molecule has 3 rings (SSSR count). The predicted octanol–water partition coefficient (Wildman–Crippen LogP) is 2.45. The highest BCUT2D eigenvalue weighted by Crippen LogP contribution is 2.24. The Labute approximate surface area is 132 Å². The van der Waals surface area contributed by atoms with Crippen LogP contribution in [0.15, 0.2) is 30.9 Å². The summed E-state index contributed by atoms with van der Waals surface area (Å²) in [6, 6.07) is 4.48. The van der Waals surface area contributed by atoms with Crippen LogP contribution >= 0.6 is 0 Å². The van der Waals surface area contributed by atoms with Crippen LogP contribution in [-0.2, 0) is 6.42 Å². The van der Waals surface area contributed by atoms with Gasteiger partial charge in [-0.3, -0.25) is 4.79 Å². The van der Waals surface area contributed by atoms with E-state index in [9.17, 15) is 9.18 Å². The van der Waals surface area contributed by atoms with Gasteiger partial charge in [-0.2, -0.15) is 5.10 Å². The molecule has 1 unspecified atom stereocenters. The summed E-state index contributed by atoms with van der Waals surface area (Å²) in [7, 11) is 0. The lowest BCUT2D eigenvalue weighted by Crippen LogP contribution is -2.30. The lowest BCUT2D eigenvalue weighted by Gasteiger charge is -2.12.